The van der Waals surface area contributed by atoms with E-state index < -0.39 is 12.2 Å². The molecule has 2 atom stereocenters. The van der Waals surface area contributed by atoms with Gasteiger partial charge in [0.05, 0.1) is 6.10 Å². The van der Waals surface area contributed by atoms with Gasteiger partial charge in [0.15, 0.2) is 0 Å². The summed E-state index contributed by atoms with van der Waals surface area (Å²) in [5.41, 5.74) is 0. The highest BCUT2D eigenvalue weighted by molar-refractivity contribution is 5.70. The summed E-state index contributed by atoms with van der Waals surface area (Å²) in [6, 6.07) is 0. The second-order valence-corrected chi connectivity index (χ2v) is 12.5. The number of unbranched alkanes of at least 4 members (excludes halogenated alkanes) is 13. The molecule has 0 heterocycles. The number of aliphatic hydroxyl groups is 2. The van der Waals surface area contributed by atoms with Crippen molar-refractivity contribution in [2.45, 2.75) is 167 Å². The fourth-order valence-electron chi connectivity index (χ4n) is 4.90. The van der Waals surface area contributed by atoms with Gasteiger partial charge in [-0.3, -0.25) is 9.59 Å². The standard InChI is InChI=1S/C42H70O6/c1-3-5-7-8-9-10-11-12-15-18-21-24-27-31-35-41(45)47-37-40(44)38-48-42(46)36-32-28-25-22-19-16-13-14-17-20-23-26-30-34-39(43)33-29-6-4-2/h6,14,16-17,19,23,25-26,28-30,34,39-40,43-44H,3-5,7-13,15,18,20-22,24,27,31-33,35-38H2,1-2H3/b17-14-,19-16-,26-23+,28-25-,29-6-,34-30+/t39?,40-/m0/s1. The number of esters is 2. The van der Waals surface area contributed by atoms with E-state index in [0.29, 0.717) is 19.3 Å². The third kappa shape index (κ3) is 36.1. The zero-order valence-electron chi connectivity index (χ0n) is 30.6. The molecule has 0 bridgehead atoms. The maximum atomic E-state index is 11.9. The van der Waals surface area contributed by atoms with Crippen LogP contribution in [0, 0.1) is 0 Å². The summed E-state index contributed by atoms with van der Waals surface area (Å²) in [7, 11) is 0. The van der Waals surface area contributed by atoms with Crippen LogP contribution >= 0.6 is 0 Å². The molecule has 0 spiro atoms. The predicted molar refractivity (Wildman–Crippen MR) is 202 cm³/mol. The van der Waals surface area contributed by atoms with Gasteiger partial charge in [-0.1, -0.05) is 170 Å². The highest BCUT2D eigenvalue weighted by Gasteiger charge is 2.11. The molecule has 0 aliphatic carbocycles. The first-order chi connectivity index (χ1) is 23.5. The Bertz CT molecular complexity index is 913. The molecular formula is C42H70O6. The summed E-state index contributed by atoms with van der Waals surface area (Å²) in [6.07, 6.45) is 45.8. The van der Waals surface area contributed by atoms with E-state index in [1.807, 2.05) is 30.4 Å². The molecule has 2 N–H and O–H groups in total. The van der Waals surface area contributed by atoms with E-state index in [-0.39, 0.29) is 31.6 Å². The van der Waals surface area contributed by atoms with Gasteiger partial charge in [-0.15, -0.1) is 0 Å². The minimum absolute atomic E-state index is 0.150. The summed E-state index contributed by atoms with van der Waals surface area (Å²) in [5, 5.41) is 19.8. The van der Waals surface area contributed by atoms with Crippen molar-refractivity contribution in [1.29, 1.82) is 0 Å². The SMILES string of the molecule is CC/C=C\CC(O)/C=C/C=C/C/C=C\C/C=C\C/C=C\CCC(=O)OC[C@@H](O)COC(=O)CCCCCCCCCCCCCCCC. The maximum Gasteiger partial charge on any atom is 0.306 e. The molecule has 6 heteroatoms. The van der Waals surface area contributed by atoms with Crippen molar-refractivity contribution in [3.8, 4) is 0 Å². The van der Waals surface area contributed by atoms with Gasteiger partial charge in [-0.2, -0.15) is 0 Å². The monoisotopic (exact) mass is 671 g/mol. The van der Waals surface area contributed by atoms with Crippen molar-refractivity contribution < 1.29 is 29.3 Å². The van der Waals surface area contributed by atoms with Crippen LogP contribution < -0.4 is 0 Å². The predicted octanol–water partition coefficient (Wildman–Crippen LogP) is 10.8. The highest BCUT2D eigenvalue weighted by atomic mass is 16.6. The molecule has 0 aliphatic heterocycles. The lowest BCUT2D eigenvalue weighted by Gasteiger charge is -2.12. The minimum Gasteiger partial charge on any atom is -0.463 e. The van der Waals surface area contributed by atoms with Crippen LogP contribution in [-0.2, 0) is 19.1 Å². The van der Waals surface area contributed by atoms with E-state index >= 15 is 0 Å². The van der Waals surface area contributed by atoms with Crippen LogP contribution in [0.3, 0.4) is 0 Å². The normalized spacial score (nSPS) is 13.7. The van der Waals surface area contributed by atoms with Crippen LogP contribution in [0.1, 0.15) is 155 Å². The molecule has 6 nitrogen and oxygen atoms in total. The Morgan fingerprint density at radius 3 is 1.56 bits per heavy atom. The molecule has 0 saturated carbocycles. The Kier molecular flexibility index (Phi) is 35.0. The molecule has 274 valence electrons. The van der Waals surface area contributed by atoms with Crippen LogP contribution in [-0.4, -0.2) is 47.6 Å². The van der Waals surface area contributed by atoms with Crippen LogP contribution in [0.2, 0.25) is 0 Å². The van der Waals surface area contributed by atoms with E-state index in [0.717, 1.165) is 44.9 Å². The molecule has 0 radical (unpaired) electrons. The van der Waals surface area contributed by atoms with Crippen molar-refractivity contribution in [3.05, 3.63) is 72.9 Å². The molecule has 0 saturated heterocycles. The average molecular weight is 671 g/mol. The van der Waals surface area contributed by atoms with Gasteiger partial charge in [0, 0.05) is 12.8 Å². The van der Waals surface area contributed by atoms with E-state index in [1.165, 1.54) is 70.6 Å². The van der Waals surface area contributed by atoms with Crippen LogP contribution in [0.25, 0.3) is 0 Å². The molecule has 1 unspecified atom stereocenters. The molecule has 0 aromatic carbocycles. The van der Waals surface area contributed by atoms with Crippen molar-refractivity contribution in [1.82, 2.24) is 0 Å². The number of carbonyl (C=O) groups is 2. The van der Waals surface area contributed by atoms with Gasteiger partial charge in [-0.05, 0) is 44.9 Å². The Hall–Kier alpha value is -2.70. The van der Waals surface area contributed by atoms with Gasteiger partial charge >= 0.3 is 11.9 Å². The summed E-state index contributed by atoms with van der Waals surface area (Å²) < 4.78 is 10.2. The Morgan fingerprint density at radius 2 is 1.02 bits per heavy atom. The Labute approximate surface area is 294 Å². The third-order valence-electron chi connectivity index (χ3n) is 7.80. The quantitative estimate of drug-likeness (QED) is 0.0312. The zero-order chi connectivity index (χ0) is 35.2. The molecule has 0 aromatic rings. The number of hydrogen-bond acceptors (Lipinski definition) is 6. The number of hydrogen-bond donors (Lipinski definition) is 2. The minimum atomic E-state index is -1.01. The maximum absolute atomic E-state index is 11.9. The number of rotatable bonds is 33. The molecule has 0 rings (SSSR count). The lowest BCUT2D eigenvalue weighted by Crippen LogP contribution is -2.25. The second-order valence-electron chi connectivity index (χ2n) is 12.5. The van der Waals surface area contributed by atoms with Crippen LogP contribution in [0.5, 0.6) is 0 Å². The van der Waals surface area contributed by atoms with Crippen molar-refractivity contribution >= 4 is 11.9 Å². The van der Waals surface area contributed by atoms with Crippen LogP contribution in [0.4, 0.5) is 0 Å². The van der Waals surface area contributed by atoms with Gasteiger partial charge in [-0.25, -0.2) is 0 Å². The Balaban J connectivity index is 3.64. The number of aliphatic hydroxyl groups excluding tert-OH is 2. The smallest absolute Gasteiger partial charge is 0.306 e. The summed E-state index contributed by atoms with van der Waals surface area (Å²) in [5.74, 6) is -0.683. The first-order valence-corrected chi connectivity index (χ1v) is 19.1. The van der Waals surface area contributed by atoms with Gasteiger partial charge in [0.2, 0.25) is 0 Å². The lowest BCUT2D eigenvalue weighted by atomic mass is 10.0. The van der Waals surface area contributed by atoms with Crippen molar-refractivity contribution in [3.63, 3.8) is 0 Å². The summed E-state index contributed by atoms with van der Waals surface area (Å²) in [6.45, 7) is 4.02. The number of carbonyl (C=O) groups excluding carboxylic acids is 2. The lowest BCUT2D eigenvalue weighted by molar-refractivity contribution is -0.152. The van der Waals surface area contributed by atoms with E-state index in [9.17, 15) is 19.8 Å². The largest absolute Gasteiger partial charge is 0.463 e. The van der Waals surface area contributed by atoms with E-state index in [1.54, 1.807) is 6.08 Å². The zero-order valence-corrected chi connectivity index (χ0v) is 30.6. The average Bonchev–Trinajstić information content (AvgIpc) is 3.08. The molecule has 0 fully saturated rings. The molecular weight excluding hydrogens is 600 g/mol. The molecule has 48 heavy (non-hydrogen) atoms. The van der Waals surface area contributed by atoms with Crippen molar-refractivity contribution in [2.75, 3.05) is 13.2 Å². The van der Waals surface area contributed by atoms with E-state index in [4.69, 9.17) is 9.47 Å². The third-order valence-corrected chi connectivity index (χ3v) is 7.80. The van der Waals surface area contributed by atoms with E-state index in [2.05, 4.69) is 50.3 Å². The van der Waals surface area contributed by atoms with Crippen molar-refractivity contribution in [2.24, 2.45) is 0 Å². The fraction of sp³-hybridized carbons (Fsp3) is 0.667. The topological polar surface area (TPSA) is 93.1 Å². The van der Waals surface area contributed by atoms with Crippen LogP contribution in [0.15, 0.2) is 72.9 Å². The first kappa shape index (κ1) is 45.3. The fourth-order valence-corrected chi connectivity index (χ4v) is 4.90. The van der Waals surface area contributed by atoms with Gasteiger partial charge < -0.3 is 19.7 Å². The number of allylic oxidation sites excluding steroid dienone is 10. The first-order valence-electron chi connectivity index (χ1n) is 19.1. The summed E-state index contributed by atoms with van der Waals surface area (Å²) >= 11 is 0. The van der Waals surface area contributed by atoms with Gasteiger partial charge in [0.1, 0.15) is 19.3 Å². The molecule has 0 aliphatic rings. The Morgan fingerprint density at radius 1 is 0.542 bits per heavy atom. The molecule has 0 aromatic heterocycles. The highest BCUT2D eigenvalue weighted by Crippen LogP contribution is 2.13. The van der Waals surface area contributed by atoms with Gasteiger partial charge in [0.25, 0.3) is 0 Å². The molecule has 0 amide bonds. The second kappa shape index (κ2) is 37.1. The summed E-state index contributed by atoms with van der Waals surface area (Å²) in [4.78, 5) is 23.9. The number of ether oxygens (including phenoxy) is 2.